The lowest BCUT2D eigenvalue weighted by Gasteiger charge is -2.27. The summed E-state index contributed by atoms with van der Waals surface area (Å²) in [5.41, 5.74) is 0. The monoisotopic (exact) mass is 260 g/mol. The molecule has 0 saturated carbocycles. The van der Waals surface area contributed by atoms with Gasteiger partial charge < -0.3 is 14.3 Å². The van der Waals surface area contributed by atoms with Crippen molar-refractivity contribution in [3.8, 4) is 0 Å². The van der Waals surface area contributed by atoms with Crippen LogP contribution in [0.5, 0.6) is 0 Å². The normalized spacial score (nSPS) is 27.9. The van der Waals surface area contributed by atoms with Gasteiger partial charge >= 0.3 is 0 Å². The van der Waals surface area contributed by atoms with Gasteiger partial charge in [0.25, 0.3) is 0 Å². The maximum atomic E-state index is 9.01. The highest BCUT2D eigenvalue weighted by Crippen LogP contribution is 2.35. The molecule has 0 radical (unpaired) electrons. The topological polar surface area (TPSA) is 42.6 Å². The molecular weight excluding hydrogens is 248 g/mol. The van der Waals surface area contributed by atoms with Gasteiger partial charge in [0, 0.05) is 0 Å². The molecule has 1 aliphatic rings. The molecule has 2 heterocycles. The fraction of sp³-hybridized carbons (Fsp3) is 0.600. The molecule has 0 spiro atoms. The first-order chi connectivity index (χ1) is 6.81. The summed E-state index contributed by atoms with van der Waals surface area (Å²) >= 11 is 3.41. The number of ether oxygens (including phenoxy) is 1. The average molecular weight is 261 g/mol. The summed E-state index contributed by atoms with van der Waals surface area (Å²) < 4.78 is 12.0. The first kappa shape index (κ1) is 10.2. The molecule has 1 saturated heterocycles. The van der Waals surface area contributed by atoms with Gasteiger partial charge in [0.15, 0.2) is 0 Å². The van der Waals surface area contributed by atoms with E-state index in [0.717, 1.165) is 29.5 Å². The van der Waals surface area contributed by atoms with Crippen molar-refractivity contribution >= 4 is 15.9 Å². The molecule has 0 aromatic carbocycles. The second kappa shape index (κ2) is 4.47. The molecule has 2 rings (SSSR count). The van der Waals surface area contributed by atoms with Crippen molar-refractivity contribution in [2.45, 2.75) is 31.5 Å². The highest BCUT2D eigenvalue weighted by molar-refractivity contribution is 9.10. The number of aliphatic hydroxyl groups excluding tert-OH is 1. The lowest BCUT2D eigenvalue weighted by molar-refractivity contribution is -0.0818. The van der Waals surface area contributed by atoms with Crippen LogP contribution in [0.4, 0.5) is 0 Å². The summed E-state index contributed by atoms with van der Waals surface area (Å²) in [5, 5.41) is 9.01. The number of hydrogen-bond donors (Lipinski definition) is 1. The van der Waals surface area contributed by atoms with Gasteiger partial charge in [-0.1, -0.05) is 0 Å². The van der Waals surface area contributed by atoms with Crippen LogP contribution in [0.25, 0.3) is 0 Å². The Balaban J connectivity index is 2.08. The van der Waals surface area contributed by atoms with E-state index < -0.39 is 0 Å². The highest BCUT2D eigenvalue weighted by Gasteiger charge is 2.26. The third-order valence-corrected chi connectivity index (χ3v) is 3.15. The van der Waals surface area contributed by atoms with Crippen molar-refractivity contribution in [1.82, 2.24) is 0 Å². The van der Waals surface area contributed by atoms with Crippen LogP contribution in [0.15, 0.2) is 21.2 Å². The first-order valence-electron chi connectivity index (χ1n) is 4.80. The van der Waals surface area contributed by atoms with Crippen LogP contribution in [0.1, 0.15) is 31.1 Å². The minimum atomic E-state index is -0.0363. The molecule has 3 nitrogen and oxygen atoms in total. The molecule has 1 aromatic heterocycles. The SMILES string of the molecule is OCC1CCCC(c2occc2Br)O1. The van der Waals surface area contributed by atoms with E-state index in [2.05, 4.69) is 15.9 Å². The zero-order chi connectivity index (χ0) is 9.97. The summed E-state index contributed by atoms with van der Waals surface area (Å²) in [6.07, 6.45) is 4.57. The molecule has 1 aliphatic heterocycles. The Kier molecular flexibility index (Phi) is 3.26. The van der Waals surface area contributed by atoms with Crippen LogP contribution in [-0.4, -0.2) is 17.8 Å². The van der Waals surface area contributed by atoms with E-state index in [-0.39, 0.29) is 18.8 Å². The van der Waals surface area contributed by atoms with Gasteiger partial charge in [-0.25, -0.2) is 0 Å². The fourth-order valence-corrected chi connectivity index (χ4v) is 2.22. The first-order valence-corrected chi connectivity index (χ1v) is 5.59. The Labute approximate surface area is 91.2 Å². The van der Waals surface area contributed by atoms with E-state index in [4.69, 9.17) is 14.3 Å². The zero-order valence-electron chi connectivity index (χ0n) is 7.78. The Hall–Kier alpha value is -0.320. The van der Waals surface area contributed by atoms with Crippen molar-refractivity contribution in [3.63, 3.8) is 0 Å². The van der Waals surface area contributed by atoms with Crippen LogP contribution in [0.3, 0.4) is 0 Å². The maximum Gasteiger partial charge on any atom is 0.146 e. The maximum absolute atomic E-state index is 9.01. The van der Waals surface area contributed by atoms with Crippen molar-refractivity contribution in [2.24, 2.45) is 0 Å². The quantitative estimate of drug-likeness (QED) is 0.889. The van der Waals surface area contributed by atoms with Crippen molar-refractivity contribution in [1.29, 1.82) is 0 Å². The molecule has 1 fully saturated rings. The number of halogens is 1. The average Bonchev–Trinajstić information content (AvgIpc) is 2.65. The van der Waals surface area contributed by atoms with Gasteiger partial charge in [-0.15, -0.1) is 0 Å². The molecule has 1 N–H and O–H groups in total. The fourth-order valence-electron chi connectivity index (χ4n) is 1.76. The highest BCUT2D eigenvalue weighted by atomic mass is 79.9. The molecule has 78 valence electrons. The molecule has 0 aliphatic carbocycles. The zero-order valence-corrected chi connectivity index (χ0v) is 9.37. The second-order valence-electron chi connectivity index (χ2n) is 3.49. The van der Waals surface area contributed by atoms with Crippen LogP contribution < -0.4 is 0 Å². The largest absolute Gasteiger partial charge is 0.465 e. The molecule has 1 aromatic rings. The molecular formula is C10H13BrO3. The van der Waals surface area contributed by atoms with Gasteiger partial charge in [0.05, 0.1) is 23.4 Å². The molecule has 0 bridgehead atoms. The second-order valence-corrected chi connectivity index (χ2v) is 4.35. The van der Waals surface area contributed by atoms with Crippen LogP contribution in [0, 0.1) is 0 Å². The van der Waals surface area contributed by atoms with Crippen LogP contribution in [-0.2, 0) is 4.74 Å². The Morgan fingerprint density at radius 3 is 3.00 bits per heavy atom. The van der Waals surface area contributed by atoms with Crippen LogP contribution in [0.2, 0.25) is 0 Å². The van der Waals surface area contributed by atoms with Gasteiger partial charge in [-0.2, -0.15) is 0 Å². The van der Waals surface area contributed by atoms with Crippen molar-refractivity contribution in [3.05, 3.63) is 22.6 Å². The van der Waals surface area contributed by atoms with Gasteiger partial charge in [0.2, 0.25) is 0 Å². The predicted octanol–water partition coefficient (Wildman–Crippen LogP) is 2.64. The molecule has 2 unspecified atom stereocenters. The van der Waals surface area contributed by atoms with Gasteiger partial charge in [-0.05, 0) is 41.3 Å². The summed E-state index contributed by atoms with van der Waals surface area (Å²) in [6.45, 7) is 0.0921. The Bertz CT molecular complexity index is 297. The minimum absolute atomic E-state index is 0.00900. The van der Waals surface area contributed by atoms with Gasteiger partial charge in [0.1, 0.15) is 11.9 Å². The smallest absolute Gasteiger partial charge is 0.146 e. The van der Waals surface area contributed by atoms with Crippen molar-refractivity contribution in [2.75, 3.05) is 6.61 Å². The lowest BCUT2D eigenvalue weighted by Crippen LogP contribution is -2.25. The molecule has 14 heavy (non-hydrogen) atoms. The van der Waals surface area contributed by atoms with E-state index in [1.54, 1.807) is 6.26 Å². The standard InChI is InChI=1S/C10H13BrO3/c11-8-4-5-13-10(8)9-3-1-2-7(6-12)14-9/h4-5,7,9,12H,1-3,6H2. The van der Waals surface area contributed by atoms with E-state index in [1.807, 2.05) is 6.07 Å². The van der Waals surface area contributed by atoms with Crippen molar-refractivity contribution < 1.29 is 14.3 Å². The number of rotatable bonds is 2. The van der Waals surface area contributed by atoms with E-state index in [9.17, 15) is 0 Å². The molecule has 2 atom stereocenters. The summed E-state index contributed by atoms with van der Waals surface area (Å²) in [6, 6.07) is 1.86. The molecule has 4 heteroatoms. The lowest BCUT2D eigenvalue weighted by atomic mass is 10.0. The predicted molar refractivity (Wildman–Crippen MR) is 55.0 cm³/mol. The van der Waals surface area contributed by atoms with Crippen LogP contribution >= 0.6 is 15.9 Å². The van der Waals surface area contributed by atoms with E-state index in [1.165, 1.54) is 0 Å². The van der Waals surface area contributed by atoms with Gasteiger partial charge in [-0.3, -0.25) is 0 Å². The number of aliphatic hydroxyl groups is 1. The third-order valence-electron chi connectivity index (χ3n) is 2.49. The Morgan fingerprint density at radius 1 is 1.50 bits per heavy atom. The number of hydrogen-bond acceptors (Lipinski definition) is 3. The molecule has 0 amide bonds. The minimum Gasteiger partial charge on any atom is -0.465 e. The van der Waals surface area contributed by atoms with E-state index in [0.29, 0.717) is 0 Å². The van der Waals surface area contributed by atoms with E-state index >= 15 is 0 Å². The third kappa shape index (κ3) is 2.02. The Morgan fingerprint density at radius 2 is 2.36 bits per heavy atom. The number of furan rings is 1. The summed E-state index contributed by atoms with van der Waals surface area (Å²) in [4.78, 5) is 0. The summed E-state index contributed by atoms with van der Waals surface area (Å²) in [5.74, 6) is 0.836. The summed E-state index contributed by atoms with van der Waals surface area (Å²) in [7, 11) is 0.